The Morgan fingerprint density at radius 2 is 1.90 bits per heavy atom. The summed E-state index contributed by atoms with van der Waals surface area (Å²) >= 11 is 6.37. The maximum Gasteiger partial charge on any atom is 0.253 e. The van der Waals surface area contributed by atoms with E-state index in [1.807, 2.05) is 26.8 Å². The second-order valence-electron chi connectivity index (χ2n) is 8.16. The molecule has 1 aromatic heterocycles. The first kappa shape index (κ1) is 23.3. The van der Waals surface area contributed by atoms with Crippen LogP contribution in [-0.4, -0.2) is 33.8 Å². The number of aryl methyl sites for hydroxylation is 2. The van der Waals surface area contributed by atoms with Crippen molar-refractivity contribution in [2.24, 2.45) is 0 Å². The predicted octanol–water partition coefficient (Wildman–Crippen LogP) is 5.03. The van der Waals surface area contributed by atoms with E-state index in [-0.39, 0.29) is 17.9 Å². The van der Waals surface area contributed by atoms with Crippen molar-refractivity contribution in [3.63, 3.8) is 0 Å². The van der Waals surface area contributed by atoms with Gasteiger partial charge in [-0.05, 0) is 64.3 Å². The molecule has 0 radical (unpaired) electrons. The zero-order chi connectivity index (χ0) is 22.5. The van der Waals surface area contributed by atoms with Crippen LogP contribution in [0.4, 0.5) is 11.4 Å². The van der Waals surface area contributed by atoms with Crippen LogP contribution in [0, 0.1) is 13.8 Å². The van der Waals surface area contributed by atoms with Gasteiger partial charge in [-0.2, -0.15) is 5.10 Å². The molecule has 3 rings (SSSR count). The molecule has 0 bridgehead atoms. The van der Waals surface area contributed by atoms with Crippen LogP contribution in [0.25, 0.3) is 0 Å². The maximum atomic E-state index is 12.7. The van der Waals surface area contributed by atoms with Crippen molar-refractivity contribution < 1.29 is 14.3 Å². The van der Waals surface area contributed by atoms with Gasteiger partial charge < -0.3 is 15.4 Å². The summed E-state index contributed by atoms with van der Waals surface area (Å²) < 4.78 is 7.65. The molecular weight excluding hydrogens is 416 g/mol. The van der Waals surface area contributed by atoms with Crippen LogP contribution in [0.5, 0.6) is 0 Å². The fourth-order valence-electron chi connectivity index (χ4n) is 3.90. The summed E-state index contributed by atoms with van der Waals surface area (Å²) in [5.41, 5.74) is 2.81. The van der Waals surface area contributed by atoms with Crippen molar-refractivity contribution in [2.75, 3.05) is 10.6 Å². The molecule has 1 aliphatic carbocycles. The van der Waals surface area contributed by atoms with Crippen LogP contribution in [0.2, 0.25) is 5.02 Å². The lowest BCUT2D eigenvalue weighted by Crippen LogP contribution is -2.32. The van der Waals surface area contributed by atoms with E-state index in [9.17, 15) is 9.59 Å². The molecule has 1 heterocycles. The molecule has 0 saturated heterocycles. The van der Waals surface area contributed by atoms with Gasteiger partial charge in [0.15, 0.2) is 0 Å². The second kappa shape index (κ2) is 10.3. The number of rotatable bonds is 8. The molecule has 2 aromatic rings. The highest BCUT2D eigenvalue weighted by molar-refractivity contribution is 6.34. The van der Waals surface area contributed by atoms with Gasteiger partial charge in [-0.15, -0.1) is 0 Å². The van der Waals surface area contributed by atoms with Crippen molar-refractivity contribution >= 4 is 34.8 Å². The van der Waals surface area contributed by atoms with Gasteiger partial charge in [-0.3, -0.25) is 14.3 Å². The molecule has 2 amide bonds. The Morgan fingerprint density at radius 3 is 2.48 bits per heavy atom. The van der Waals surface area contributed by atoms with Gasteiger partial charge >= 0.3 is 0 Å². The van der Waals surface area contributed by atoms with E-state index in [1.165, 1.54) is 0 Å². The minimum Gasteiger partial charge on any atom is -0.365 e. The Bertz CT molecular complexity index is 937. The standard InChI is InChI=1S/C23H31ClN4O3/c1-5-21(31-18-8-6-7-9-18)23(30)25-17-10-11-20(19(24)13-17)26-22(29)16(4)28-15(3)12-14(2)27-28/h10-13,16,18,21H,5-9H2,1-4H3,(H,25,30)(H,26,29). The van der Waals surface area contributed by atoms with Gasteiger partial charge in [-0.25, -0.2) is 0 Å². The normalized spacial score (nSPS) is 16.2. The molecule has 31 heavy (non-hydrogen) atoms. The predicted molar refractivity (Wildman–Crippen MR) is 123 cm³/mol. The monoisotopic (exact) mass is 446 g/mol. The SMILES string of the molecule is CCC(OC1CCCC1)C(=O)Nc1ccc(NC(=O)C(C)n2nc(C)cc2C)c(Cl)c1. The summed E-state index contributed by atoms with van der Waals surface area (Å²) in [7, 11) is 0. The van der Waals surface area contributed by atoms with Crippen LogP contribution >= 0.6 is 11.6 Å². The number of carbonyl (C=O) groups is 2. The fourth-order valence-corrected chi connectivity index (χ4v) is 4.13. The van der Waals surface area contributed by atoms with Gasteiger partial charge in [0.05, 0.1) is 22.5 Å². The number of aromatic nitrogens is 2. The highest BCUT2D eigenvalue weighted by atomic mass is 35.5. The molecule has 7 nitrogen and oxygen atoms in total. The summed E-state index contributed by atoms with van der Waals surface area (Å²) in [6.45, 7) is 7.52. The quantitative estimate of drug-likeness (QED) is 0.595. The molecule has 1 aliphatic rings. The van der Waals surface area contributed by atoms with Crippen LogP contribution in [-0.2, 0) is 14.3 Å². The van der Waals surface area contributed by atoms with E-state index in [2.05, 4.69) is 15.7 Å². The Hall–Kier alpha value is -2.38. The molecule has 168 valence electrons. The number of ether oxygens (including phenoxy) is 1. The smallest absolute Gasteiger partial charge is 0.253 e. The van der Waals surface area contributed by atoms with Crippen molar-refractivity contribution in [2.45, 2.75) is 78.0 Å². The van der Waals surface area contributed by atoms with E-state index in [0.29, 0.717) is 22.8 Å². The third kappa shape index (κ3) is 5.86. The van der Waals surface area contributed by atoms with Crippen molar-refractivity contribution in [1.29, 1.82) is 0 Å². The van der Waals surface area contributed by atoms with Crippen molar-refractivity contribution in [3.8, 4) is 0 Å². The third-order valence-electron chi connectivity index (χ3n) is 5.61. The summed E-state index contributed by atoms with van der Waals surface area (Å²) in [5.74, 6) is -0.402. The zero-order valence-electron chi connectivity index (χ0n) is 18.6. The van der Waals surface area contributed by atoms with Gasteiger partial charge in [-0.1, -0.05) is 31.4 Å². The van der Waals surface area contributed by atoms with Crippen LogP contribution < -0.4 is 10.6 Å². The zero-order valence-corrected chi connectivity index (χ0v) is 19.3. The summed E-state index contributed by atoms with van der Waals surface area (Å²) in [5, 5.41) is 10.4. The highest BCUT2D eigenvalue weighted by Gasteiger charge is 2.25. The van der Waals surface area contributed by atoms with Crippen LogP contribution in [0.15, 0.2) is 24.3 Å². The number of amides is 2. The van der Waals surface area contributed by atoms with Gasteiger partial charge in [0.25, 0.3) is 5.91 Å². The molecule has 0 aliphatic heterocycles. The van der Waals surface area contributed by atoms with Crippen LogP contribution in [0.1, 0.15) is 63.4 Å². The topological polar surface area (TPSA) is 85.3 Å². The maximum absolute atomic E-state index is 12.7. The molecule has 1 aromatic carbocycles. The largest absolute Gasteiger partial charge is 0.365 e. The minimum absolute atomic E-state index is 0.168. The first-order valence-corrected chi connectivity index (χ1v) is 11.3. The van der Waals surface area contributed by atoms with Gasteiger partial charge in [0.1, 0.15) is 12.1 Å². The number of anilines is 2. The molecule has 1 saturated carbocycles. The third-order valence-corrected chi connectivity index (χ3v) is 5.92. The number of hydrogen-bond donors (Lipinski definition) is 2. The van der Waals surface area contributed by atoms with E-state index in [4.69, 9.17) is 16.3 Å². The summed E-state index contributed by atoms with van der Waals surface area (Å²) in [6.07, 6.45) is 4.63. The summed E-state index contributed by atoms with van der Waals surface area (Å²) in [4.78, 5) is 25.3. The average Bonchev–Trinajstić information content (AvgIpc) is 3.36. The lowest BCUT2D eigenvalue weighted by molar-refractivity contribution is -0.131. The van der Waals surface area contributed by atoms with Gasteiger partial charge in [0, 0.05) is 11.4 Å². The van der Waals surface area contributed by atoms with E-state index in [0.717, 1.165) is 37.1 Å². The molecule has 2 N–H and O–H groups in total. The van der Waals surface area contributed by atoms with E-state index >= 15 is 0 Å². The number of nitrogens with zero attached hydrogens (tertiary/aromatic N) is 2. The molecule has 1 fully saturated rings. The average molecular weight is 447 g/mol. The fraction of sp³-hybridized carbons (Fsp3) is 0.522. The number of hydrogen-bond acceptors (Lipinski definition) is 4. The second-order valence-corrected chi connectivity index (χ2v) is 8.57. The van der Waals surface area contributed by atoms with Gasteiger partial charge in [0.2, 0.25) is 5.91 Å². The first-order valence-electron chi connectivity index (χ1n) is 10.9. The Balaban J connectivity index is 1.61. The number of carbonyl (C=O) groups excluding carboxylic acids is 2. The molecule has 2 atom stereocenters. The first-order chi connectivity index (χ1) is 14.8. The number of nitrogens with one attached hydrogen (secondary N) is 2. The minimum atomic E-state index is -0.484. The lowest BCUT2D eigenvalue weighted by atomic mass is 10.2. The molecular formula is C23H31ClN4O3. The Morgan fingerprint density at radius 1 is 1.19 bits per heavy atom. The Labute approximate surface area is 188 Å². The van der Waals surface area contributed by atoms with Crippen LogP contribution in [0.3, 0.4) is 0 Å². The highest BCUT2D eigenvalue weighted by Crippen LogP contribution is 2.28. The number of benzene rings is 1. The molecule has 2 unspecified atom stereocenters. The van der Waals surface area contributed by atoms with E-state index < -0.39 is 12.1 Å². The van der Waals surface area contributed by atoms with Crippen molar-refractivity contribution in [1.82, 2.24) is 9.78 Å². The van der Waals surface area contributed by atoms with Crippen molar-refractivity contribution in [3.05, 3.63) is 40.7 Å². The Kier molecular flexibility index (Phi) is 7.73. The summed E-state index contributed by atoms with van der Waals surface area (Å²) in [6, 6.07) is 6.47. The molecule has 0 spiro atoms. The number of halogens is 1. The molecule has 8 heteroatoms. The van der Waals surface area contributed by atoms with E-state index in [1.54, 1.807) is 29.8 Å². The lowest BCUT2D eigenvalue weighted by Gasteiger charge is -2.20.